The normalized spacial score (nSPS) is 14.8. The van der Waals surface area contributed by atoms with Gasteiger partial charge in [0.25, 0.3) is 5.56 Å². The first-order chi connectivity index (χ1) is 17.5. The second kappa shape index (κ2) is 10.5. The highest BCUT2D eigenvalue weighted by molar-refractivity contribution is 5.76. The fourth-order valence-electron chi connectivity index (χ4n) is 4.67. The van der Waals surface area contributed by atoms with Gasteiger partial charge < -0.3 is 19.4 Å². The van der Waals surface area contributed by atoms with Crippen molar-refractivity contribution in [3.63, 3.8) is 0 Å². The molecule has 186 valence electrons. The fraction of sp³-hybridized carbons (Fsp3) is 0.321. The predicted molar refractivity (Wildman–Crippen MR) is 144 cm³/mol. The molecule has 8 heteroatoms. The molecule has 36 heavy (non-hydrogen) atoms. The van der Waals surface area contributed by atoms with Gasteiger partial charge in [-0.15, -0.1) is 0 Å². The van der Waals surface area contributed by atoms with E-state index in [9.17, 15) is 4.79 Å². The largest absolute Gasteiger partial charge is 0.378 e. The van der Waals surface area contributed by atoms with Gasteiger partial charge in [0.05, 0.1) is 19.3 Å². The monoisotopic (exact) mass is 484 g/mol. The van der Waals surface area contributed by atoms with E-state index >= 15 is 0 Å². The van der Waals surface area contributed by atoms with Crippen LogP contribution >= 0.6 is 0 Å². The summed E-state index contributed by atoms with van der Waals surface area (Å²) in [6.07, 6.45) is 1.80. The van der Waals surface area contributed by atoms with Crippen molar-refractivity contribution in [3.8, 4) is 0 Å². The molecule has 4 aromatic rings. The lowest BCUT2D eigenvalue weighted by atomic mass is 10.1. The first-order valence-electron chi connectivity index (χ1n) is 12.3. The smallest absolute Gasteiger partial charge is 0.252 e. The van der Waals surface area contributed by atoms with Gasteiger partial charge in [-0.25, -0.2) is 4.98 Å². The molecule has 3 heterocycles. The number of likely N-dealkylation sites (N-methyl/N-ethyl adjacent to an activating group) is 1. The molecule has 2 aromatic carbocycles. The Bertz CT molecular complexity index is 1360. The number of morpholine rings is 1. The van der Waals surface area contributed by atoms with E-state index in [1.807, 2.05) is 44.2 Å². The van der Waals surface area contributed by atoms with Gasteiger partial charge in [-0.05, 0) is 50.0 Å². The zero-order valence-corrected chi connectivity index (χ0v) is 21.0. The van der Waals surface area contributed by atoms with Crippen LogP contribution in [-0.4, -0.2) is 73.4 Å². The van der Waals surface area contributed by atoms with Gasteiger partial charge >= 0.3 is 0 Å². The number of pyridine rings is 1. The van der Waals surface area contributed by atoms with Crippen molar-refractivity contribution in [3.05, 3.63) is 88.8 Å². The Morgan fingerprint density at radius 3 is 2.36 bits per heavy atom. The molecule has 1 aliphatic heterocycles. The van der Waals surface area contributed by atoms with Crippen LogP contribution in [0.5, 0.6) is 0 Å². The molecule has 8 nitrogen and oxygen atoms in total. The van der Waals surface area contributed by atoms with Crippen LogP contribution in [0.15, 0.2) is 77.7 Å². The summed E-state index contributed by atoms with van der Waals surface area (Å²) < 4.78 is 7.26. The summed E-state index contributed by atoms with van der Waals surface area (Å²) in [7, 11) is 5.98. The minimum Gasteiger partial charge on any atom is -0.378 e. The van der Waals surface area contributed by atoms with E-state index in [0.717, 1.165) is 42.9 Å². The van der Waals surface area contributed by atoms with E-state index < -0.39 is 0 Å². The molecule has 1 aliphatic rings. The molecule has 0 radical (unpaired) electrons. The third kappa shape index (κ3) is 4.96. The van der Waals surface area contributed by atoms with Gasteiger partial charge in [0, 0.05) is 55.7 Å². The molecular formula is C28H32N6O2. The zero-order chi connectivity index (χ0) is 25.1. The van der Waals surface area contributed by atoms with Crippen LogP contribution < -0.4 is 15.4 Å². The summed E-state index contributed by atoms with van der Waals surface area (Å²) in [5, 5.41) is 0.828. The second-order valence-electron chi connectivity index (χ2n) is 9.35. The first-order valence-corrected chi connectivity index (χ1v) is 12.3. The Morgan fingerprint density at radius 2 is 1.67 bits per heavy atom. The molecule has 5 rings (SSSR count). The van der Waals surface area contributed by atoms with Crippen LogP contribution in [0, 0.1) is 0 Å². The van der Waals surface area contributed by atoms with Gasteiger partial charge in [-0.2, -0.15) is 4.98 Å². The van der Waals surface area contributed by atoms with Gasteiger partial charge in [0.1, 0.15) is 5.65 Å². The van der Waals surface area contributed by atoms with Crippen LogP contribution in [0.4, 0.5) is 17.3 Å². The van der Waals surface area contributed by atoms with Crippen molar-refractivity contribution in [1.29, 1.82) is 0 Å². The topological polar surface area (TPSA) is 66.7 Å². The molecule has 0 spiro atoms. The number of hydrogen-bond donors (Lipinski definition) is 0. The number of ether oxygens (including phenoxy) is 1. The van der Waals surface area contributed by atoms with Crippen LogP contribution in [0.1, 0.15) is 11.6 Å². The molecule has 1 saturated heterocycles. The molecule has 0 N–H and O–H groups in total. The first kappa shape index (κ1) is 24.0. The van der Waals surface area contributed by atoms with E-state index in [-0.39, 0.29) is 11.6 Å². The summed E-state index contributed by atoms with van der Waals surface area (Å²) in [5.41, 5.74) is 3.76. The van der Waals surface area contributed by atoms with Gasteiger partial charge in [-0.3, -0.25) is 9.36 Å². The Morgan fingerprint density at radius 1 is 0.944 bits per heavy atom. The SMILES string of the molecule is CN(C)CC(c1ccccc1)n1c(=O)ccc2cnc(N(C)c3ccc(N4CCOCC4)cc3)nc21. The van der Waals surface area contributed by atoms with E-state index in [4.69, 9.17) is 9.72 Å². The van der Waals surface area contributed by atoms with E-state index in [1.54, 1.807) is 22.9 Å². The highest BCUT2D eigenvalue weighted by atomic mass is 16.5. The van der Waals surface area contributed by atoms with Crippen molar-refractivity contribution in [2.75, 3.05) is 63.8 Å². The second-order valence-corrected chi connectivity index (χ2v) is 9.35. The maximum Gasteiger partial charge on any atom is 0.252 e. The number of benzene rings is 2. The number of nitrogens with zero attached hydrogens (tertiary/aromatic N) is 6. The Kier molecular flexibility index (Phi) is 6.97. The molecule has 2 aromatic heterocycles. The number of anilines is 3. The van der Waals surface area contributed by atoms with Gasteiger partial charge in [0.15, 0.2) is 0 Å². The molecule has 1 fully saturated rings. The summed E-state index contributed by atoms with van der Waals surface area (Å²) in [4.78, 5) is 29.1. The number of fused-ring (bicyclic) bond motifs is 1. The highest BCUT2D eigenvalue weighted by Gasteiger charge is 2.20. The Labute approximate surface area is 211 Å². The van der Waals surface area contributed by atoms with Crippen LogP contribution in [-0.2, 0) is 4.74 Å². The lowest BCUT2D eigenvalue weighted by molar-refractivity contribution is 0.122. The standard InChI is InChI=1S/C28H32N6O2/c1-31(2)20-25(21-7-5-4-6-8-21)34-26(35)14-9-22-19-29-28(30-27(22)34)32(3)23-10-12-24(13-11-23)33-15-17-36-18-16-33/h4-14,19,25H,15-18,20H2,1-3H3. The van der Waals surface area contributed by atoms with Crippen molar-refractivity contribution in [2.45, 2.75) is 6.04 Å². The highest BCUT2D eigenvalue weighted by Crippen LogP contribution is 2.27. The van der Waals surface area contributed by atoms with Crippen molar-refractivity contribution >= 4 is 28.4 Å². The van der Waals surface area contributed by atoms with E-state index in [2.05, 4.69) is 51.2 Å². The molecule has 0 saturated carbocycles. The summed E-state index contributed by atoms with van der Waals surface area (Å²) >= 11 is 0. The maximum absolute atomic E-state index is 13.2. The third-order valence-electron chi connectivity index (χ3n) is 6.60. The Hall–Kier alpha value is -3.75. The molecule has 0 bridgehead atoms. The van der Waals surface area contributed by atoms with Crippen molar-refractivity contribution < 1.29 is 4.74 Å². The summed E-state index contributed by atoms with van der Waals surface area (Å²) in [6, 6.07) is 21.7. The fourth-order valence-corrected chi connectivity index (χ4v) is 4.67. The third-order valence-corrected chi connectivity index (χ3v) is 6.60. The summed E-state index contributed by atoms with van der Waals surface area (Å²) in [5.74, 6) is 0.539. The molecule has 1 unspecified atom stereocenters. The maximum atomic E-state index is 13.2. The van der Waals surface area contributed by atoms with Crippen LogP contribution in [0.25, 0.3) is 11.0 Å². The molecule has 0 amide bonds. The Balaban J connectivity index is 1.53. The summed E-state index contributed by atoms with van der Waals surface area (Å²) in [6.45, 7) is 3.98. The van der Waals surface area contributed by atoms with E-state index in [0.29, 0.717) is 18.1 Å². The van der Waals surface area contributed by atoms with Crippen LogP contribution in [0.3, 0.4) is 0 Å². The average molecular weight is 485 g/mol. The van der Waals surface area contributed by atoms with E-state index in [1.165, 1.54) is 5.69 Å². The number of aromatic nitrogens is 3. The molecule has 1 atom stereocenters. The van der Waals surface area contributed by atoms with Gasteiger partial charge in [0.2, 0.25) is 5.95 Å². The minimum atomic E-state index is -0.182. The minimum absolute atomic E-state index is 0.0830. The lowest BCUT2D eigenvalue weighted by Crippen LogP contribution is -2.36. The lowest BCUT2D eigenvalue weighted by Gasteiger charge is -2.29. The van der Waals surface area contributed by atoms with Crippen LogP contribution in [0.2, 0.25) is 0 Å². The number of hydrogen-bond acceptors (Lipinski definition) is 7. The van der Waals surface area contributed by atoms with Gasteiger partial charge in [-0.1, -0.05) is 30.3 Å². The van der Waals surface area contributed by atoms with Crippen molar-refractivity contribution in [1.82, 2.24) is 19.4 Å². The molecule has 0 aliphatic carbocycles. The predicted octanol–water partition coefficient (Wildman–Crippen LogP) is 3.55. The zero-order valence-electron chi connectivity index (χ0n) is 21.0. The van der Waals surface area contributed by atoms with Crippen molar-refractivity contribution in [2.24, 2.45) is 0 Å². The average Bonchev–Trinajstić information content (AvgIpc) is 2.92. The number of rotatable bonds is 7. The quantitative estimate of drug-likeness (QED) is 0.397. The molecular weight excluding hydrogens is 452 g/mol.